The molecule has 0 saturated carbocycles. The second-order valence-electron chi connectivity index (χ2n) is 5.17. The standard InChI is InChI=1S/C17H18N2O2S/c20-22(21,19-12-10-14-5-2-1-3-6-14)16-8-9-17-15(13-16)7-4-11-18-17/h1-9,13,18-19H,10-12H2. The molecule has 0 aliphatic carbocycles. The van der Waals surface area contributed by atoms with Crippen molar-refractivity contribution < 1.29 is 8.42 Å². The van der Waals surface area contributed by atoms with Crippen LogP contribution in [0.1, 0.15) is 11.1 Å². The first kappa shape index (κ1) is 14.8. The van der Waals surface area contributed by atoms with E-state index in [0.717, 1.165) is 23.4 Å². The molecule has 0 unspecified atom stereocenters. The van der Waals surface area contributed by atoms with E-state index in [1.807, 2.05) is 48.6 Å². The fourth-order valence-corrected chi connectivity index (χ4v) is 3.49. The number of benzene rings is 2. The highest BCUT2D eigenvalue weighted by molar-refractivity contribution is 7.89. The molecule has 0 amide bonds. The molecule has 1 heterocycles. The third-order valence-corrected chi connectivity index (χ3v) is 5.05. The molecule has 4 nitrogen and oxygen atoms in total. The summed E-state index contributed by atoms with van der Waals surface area (Å²) in [6, 6.07) is 15.0. The largest absolute Gasteiger partial charge is 0.381 e. The van der Waals surface area contributed by atoms with E-state index in [2.05, 4.69) is 10.0 Å². The van der Waals surface area contributed by atoms with E-state index < -0.39 is 10.0 Å². The van der Waals surface area contributed by atoms with E-state index in [9.17, 15) is 8.42 Å². The van der Waals surface area contributed by atoms with Crippen LogP contribution in [-0.2, 0) is 16.4 Å². The molecule has 2 N–H and O–H groups in total. The molecule has 1 aliphatic heterocycles. The molecule has 5 heteroatoms. The summed E-state index contributed by atoms with van der Waals surface area (Å²) in [4.78, 5) is 0.299. The molecule has 2 aromatic carbocycles. The molecule has 0 aromatic heterocycles. The first-order valence-electron chi connectivity index (χ1n) is 7.23. The number of anilines is 1. The monoisotopic (exact) mass is 314 g/mol. The summed E-state index contributed by atoms with van der Waals surface area (Å²) in [7, 11) is -3.48. The van der Waals surface area contributed by atoms with Crippen molar-refractivity contribution in [1.82, 2.24) is 4.72 Å². The van der Waals surface area contributed by atoms with Gasteiger partial charge in [-0.15, -0.1) is 0 Å². The molecule has 0 saturated heterocycles. The van der Waals surface area contributed by atoms with Gasteiger partial charge in [-0.1, -0.05) is 42.5 Å². The Morgan fingerprint density at radius 2 is 1.91 bits per heavy atom. The van der Waals surface area contributed by atoms with E-state index in [-0.39, 0.29) is 0 Å². The highest BCUT2D eigenvalue weighted by Gasteiger charge is 2.15. The maximum Gasteiger partial charge on any atom is 0.240 e. The van der Waals surface area contributed by atoms with Crippen LogP contribution in [0.2, 0.25) is 0 Å². The van der Waals surface area contributed by atoms with Crippen LogP contribution in [0.5, 0.6) is 0 Å². The van der Waals surface area contributed by atoms with Crippen molar-refractivity contribution in [2.75, 3.05) is 18.4 Å². The van der Waals surface area contributed by atoms with Crippen molar-refractivity contribution in [3.05, 3.63) is 65.7 Å². The van der Waals surface area contributed by atoms with Gasteiger partial charge < -0.3 is 5.32 Å². The molecule has 2 aromatic rings. The van der Waals surface area contributed by atoms with E-state index in [1.54, 1.807) is 12.1 Å². The Bertz CT molecular complexity index is 784. The van der Waals surface area contributed by atoms with Gasteiger partial charge in [-0.25, -0.2) is 13.1 Å². The lowest BCUT2D eigenvalue weighted by Gasteiger charge is -2.14. The Morgan fingerprint density at radius 1 is 1.09 bits per heavy atom. The van der Waals surface area contributed by atoms with Gasteiger partial charge in [0.2, 0.25) is 10.0 Å². The van der Waals surface area contributed by atoms with Gasteiger partial charge in [0.25, 0.3) is 0 Å². The first-order valence-corrected chi connectivity index (χ1v) is 8.71. The molecule has 0 atom stereocenters. The van der Waals surface area contributed by atoms with Gasteiger partial charge in [-0.3, -0.25) is 0 Å². The fourth-order valence-electron chi connectivity index (χ4n) is 2.42. The Morgan fingerprint density at radius 3 is 2.73 bits per heavy atom. The quantitative estimate of drug-likeness (QED) is 0.892. The van der Waals surface area contributed by atoms with Gasteiger partial charge in [0.05, 0.1) is 4.90 Å². The number of hydrogen-bond donors (Lipinski definition) is 2. The zero-order valence-corrected chi connectivity index (χ0v) is 12.9. The predicted octanol–water partition coefficient (Wildman–Crippen LogP) is 2.65. The van der Waals surface area contributed by atoms with Crippen molar-refractivity contribution in [3.63, 3.8) is 0 Å². The SMILES string of the molecule is O=S(=O)(NCCc1ccccc1)c1ccc2c(c1)C=CCN2. The van der Waals surface area contributed by atoms with Crippen LogP contribution >= 0.6 is 0 Å². The van der Waals surface area contributed by atoms with Gasteiger partial charge in [-0.05, 0) is 35.7 Å². The van der Waals surface area contributed by atoms with Crippen LogP contribution in [0, 0.1) is 0 Å². The van der Waals surface area contributed by atoms with Crippen molar-refractivity contribution in [3.8, 4) is 0 Å². The average molecular weight is 314 g/mol. The van der Waals surface area contributed by atoms with Crippen LogP contribution in [0.4, 0.5) is 5.69 Å². The lowest BCUT2D eigenvalue weighted by Crippen LogP contribution is -2.26. The molecule has 0 spiro atoms. The van der Waals surface area contributed by atoms with E-state index in [4.69, 9.17) is 0 Å². The summed E-state index contributed by atoms with van der Waals surface area (Å²) in [5.41, 5.74) is 2.98. The van der Waals surface area contributed by atoms with Crippen LogP contribution in [0.25, 0.3) is 6.08 Å². The predicted molar refractivity (Wildman–Crippen MR) is 89.3 cm³/mol. The second kappa shape index (κ2) is 6.34. The van der Waals surface area contributed by atoms with E-state index in [0.29, 0.717) is 17.9 Å². The lowest BCUT2D eigenvalue weighted by atomic mass is 10.1. The first-order chi connectivity index (χ1) is 10.6. The summed E-state index contributed by atoms with van der Waals surface area (Å²) in [5.74, 6) is 0. The lowest BCUT2D eigenvalue weighted by molar-refractivity contribution is 0.581. The number of fused-ring (bicyclic) bond motifs is 1. The zero-order valence-electron chi connectivity index (χ0n) is 12.1. The number of nitrogens with one attached hydrogen (secondary N) is 2. The van der Waals surface area contributed by atoms with Crippen LogP contribution in [0.3, 0.4) is 0 Å². The molecule has 1 aliphatic rings. The molecule has 0 bridgehead atoms. The molecular formula is C17H18N2O2S. The van der Waals surface area contributed by atoms with Crippen LogP contribution < -0.4 is 10.0 Å². The van der Waals surface area contributed by atoms with Gasteiger partial charge in [-0.2, -0.15) is 0 Å². The Kier molecular flexibility index (Phi) is 4.27. The topological polar surface area (TPSA) is 58.2 Å². The maximum atomic E-state index is 12.4. The number of rotatable bonds is 5. The summed E-state index contributed by atoms with van der Waals surface area (Å²) >= 11 is 0. The van der Waals surface area contributed by atoms with Gasteiger partial charge in [0, 0.05) is 18.8 Å². The van der Waals surface area contributed by atoms with Crippen molar-refractivity contribution in [2.24, 2.45) is 0 Å². The third-order valence-electron chi connectivity index (χ3n) is 3.59. The zero-order chi connectivity index (χ0) is 15.4. The minimum atomic E-state index is -3.48. The summed E-state index contributed by atoms with van der Waals surface area (Å²) in [6.45, 7) is 1.16. The van der Waals surface area contributed by atoms with Crippen LogP contribution in [0.15, 0.2) is 59.5 Å². The van der Waals surface area contributed by atoms with Gasteiger partial charge in [0.15, 0.2) is 0 Å². The second-order valence-corrected chi connectivity index (χ2v) is 6.93. The fraction of sp³-hybridized carbons (Fsp3) is 0.176. The summed E-state index contributed by atoms with van der Waals surface area (Å²) in [6.07, 6.45) is 4.59. The smallest absolute Gasteiger partial charge is 0.240 e. The third kappa shape index (κ3) is 3.37. The molecule has 114 valence electrons. The van der Waals surface area contributed by atoms with E-state index >= 15 is 0 Å². The highest BCUT2D eigenvalue weighted by Crippen LogP contribution is 2.24. The van der Waals surface area contributed by atoms with Gasteiger partial charge >= 0.3 is 0 Å². The summed E-state index contributed by atoms with van der Waals surface area (Å²) in [5, 5.41) is 3.20. The van der Waals surface area contributed by atoms with E-state index in [1.165, 1.54) is 0 Å². The van der Waals surface area contributed by atoms with Crippen molar-refractivity contribution >= 4 is 21.8 Å². The van der Waals surface area contributed by atoms with Gasteiger partial charge in [0.1, 0.15) is 0 Å². The maximum absolute atomic E-state index is 12.4. The number of hydrogen-bond acceptors (Lipinski definition) is 3. The summed E-state index contributed by atoms with van der Waals surface area (Å²) < 4.78 is 27.4. The normalized spacial score (nSPS) is 13.5. The minimum Gasteiger partial charge on any atom is -0.381 e. The Balaban J connectivity index is 1.69. The molecular weight excluding hydrogens is 296 g/mol. The van der Waals surface area contributed by atoms with Crippen LogP contribution in [-0.4, -0.2) is 21.5 Å². The minimum absolute atomic E-state index is 0.299. The highest BCUT2D eigenvalue weighted by atomic mass is 32.2. The molecule has 3 rings (SSSR count). The Hall–Kier alpha value is -2.11. The van der Waals surface area contributed by atoms with Crippen molar-refractivity contribution in [2.45, 2.75) is 11.3 Å². The molecule has 0 fully saturated rings. The Labute approximate surface area is 130 Å². The molecule has 0 radical (unpaired) electrons. The number of sulfonamides is 1. The van der Waals surface area contributed by atoms with Crippen molar-refractivity contribution in [1.29, 1.82) is 0 Å². The average Bonchev–Trinajstić information content (AvgIpc) is 2.55. The molecule has 22 heavy (non-hydrogen) atoms.